The van der Waals surface area contributed by atoms with Gasteiger partial charge in [0.15, 0.2) is 5.82 Å². The lowest BCUT2D eigenvalue weighted by molar-refractivity contribution is 0.321. The first kappa shape index (κ1) is 16.8. The number of nitrogens with one attached hydrogen (secondary N) is 1. The van der Waals surface area contributed by atoms with Gasteiger partial charge in [-0.15, -0.1) is 0 Å². The van der Waals surface area contributed by atoms with Crippen LogP contribution >= 0.6 is 0 Å². The third kappa shape index (κ3) is 4.29. The second-order valence-corrected chi connectivity index (χ2v) is 5.67. The van der Waals surface area contributed by atoms with Crippen LogP contribution in [0.1, 0.15) is 24.2 Å². The molecule has 0 fully saturated rings. The monoisotopic (exact) mass is 338 g/mol. The first-order valence-corrected chi connectivity index (χ1v) is 8.18. The van der Waals surface area contributed by atoms with Crippen LogP contribution in [-0.2, 0) is 6.42 Å². The summed E-state index contributed by atoms with van der Waals surface area (Å²) in [7, 11) is 0. The fourth-order valence-electron chi connectivity index (χ4n) is 2.69. The molecule has 2 aromatic heterocycles. The molecule has 0 aliphatic carbocycles. The Balaban J connectivity index is 1.51. The highest BCUT2D eigenvalue weighted by atomic mass is 19.1. The Labute approximate surface area is 145 Å². The highest BCUT2D eigenvalue weighted by molar-refractivity contribution is 5.90. The molecule has 0 amide bonds. The van der Waals surface area contributed by atoms with Gasteiger partial charge in [0, 0.05) is 29.5 Å². The van der Waals surface area contributed by atoms with Crippen LogP contribution in [0.5, 0.6) is 0 Å². The van der Waals surface area contributed by atoms with Crippen LogP contribution in [0.15, 0.2) is 53.8 Å². The molecule has 0 bridgehead atoms. The standard InChI is InChI=1S/C19H19FN4O/c20-16-9-8-14(24-19(16)13-23-25)5-3-4-11-21-18-10-12-22-17-7-2-1-6-15(17)18/h1-2,6-10,12-13,25H,3-5,11H2,(H,21,22)/b23-13+. The number of rotatable bonds is 7. The summed E-state index contributed by atoms with van der Waals surface area (Å²) in [5.74, 6) is -0.493. The normalized spacial score (nSPS) is 11.2. The van der Waals surface area contributed by atoms with Crippen LogP contribution in [0.3, 0.4) is 0 Å². The van der Waals surface area contributed by atoms with E-state index in [-0.39, 0.29) is 5.69 Å². The third-order valence-electron chi connectivity index (χ3n) is 3.94. The van der Waals surface area contributed by atoms with Gasteiger partial charge in [0.25, 0.3) is 0 Å². The lowest BCUT2D eigenvalue weighted by Gasteiger charge is -2.09. The Morgan fingerprint density at radius 3 is 2.88 bits per heavy atom. The number of anilines is 1. The van der Waals surface area contributed by atoms with Gasteiger partial charge in [-0.3, -0.25) is 4.98 Å². The molecule has 0 saturated heterocycles. The summed E-state index contributed by atoms with van der Waals surface area (Å²) in [6.07, 6.45) is 5.43. The number of benzene rings is 1. The van der Waals surface area contributed by atoms with Crippen LogP contribution in [0, 0.1) is 5.82 Å². The van der Waals surface area contributed by atoms with E-state index in [0.717, 1.165) is 54.3 Å². The Kier molecular flexibility index (Phi) is 5.51. The third-order valence-corrected chi connectivity index (χ3v) is 3.94. The number of fused-ring (bicyclic) bond motifs is 1. The molecule has 6 heteroatoms. The first-order valence-electron chi connectivity index (χ1n) is 8.18. The minimum atomic E-state index is -0.493. The van der Waals surface area contributed by atoms with E-state index < -0.39 is 5.82 Å². The molecule has 0 aliphatic rings. The number of nitrogens with zero attached hydrogens (tertiary/aromatic N) is 3. The molecule has 3 aromatic rings. The molecule has 128 valence electrons. The Morgan fingerprint density at radius 1 is 1.12 bits per heavy atom. The van der Waals surface area contributed by atoms with Crippen LogP contribution in [0.25, 0.3) is 10.9 Å². The highest BCUT2D eigenvalue weighted by Crippen LogP contribution is 2.20. The fourth-order valence-corrected chi connectivity index (χ4v) is 2.69. The molecule has 0 atom stereocenters. The predicted octanol–water partition coefficient (Wildman–Crippen LogP) is 4.01. The van der Waals surface area contributed by atoms with Crippen molar-refractivity contribution in [2.24, 2.45) is 5.16 Å². The highest BCUT2D eigenvalue weighted by Gasteiger charge is 2.04. The molecule has 0 aliphatic heterocycles. The average molecular weight is 338 g/mol. The van der Waals surface area contributed by atoms with Crippen LogP contribution in [-0.4, -0.2) is 27.9 Å². The Hall–Kier alpha value is -3.02. The lowest BCUT2D eigenvalue weighted by atomic mass is 10.1. The van der Waals surface area contributed by atoms with Crippen LogP contribution in [0.2, 0.25) is 0 Å². The van der Waals surface area contributed by atoms with E-state index in [2.05, 4.69) is 26.5 Å². The van der Waals surface area contributed by atoms with Gasteiger partial charge in [0.1, 0.15) is 5.69 Å². The Bertz CT molecular complexity index is 877. The summed E-state index contributed by atoms with van der Waals surface area (Å²) >= 11 is 0. The van der Waals surface area contributed by atoms with Crippen molar-refractivity contribution in [3.05, 3.63) is 65.9 Å². The number of hydrogen-bond donors (Lipinski definition) is 2. The maximum atomic E-state index is 13.4. The summed E-state index contributed by atoms with van der Waals surface area (Å²) < 4.78 is 13.4. The zero-order chi connectivity index (χ0) is 17.5. The number of aromatic nitrogens is 2. The molecule has 5 nitrogen and oxygen atoms in total. The summed E-state index contributed by atoms with van der Waals surface area (Å²) in [6, 6.07) is 13.0. The molecule has 2 heterocycles. The van der Waals surface area contributed by atoms with Crippen molar-refractivity contribution in [1.29, 1.82) is 0 Å². The van der Waals surface area contributed by atoms with E-state index in [1.165, 1.54) is 6.07 Å². The maximum Gasteiger partial charge on any atom is 0.150 e. The van der Waals surface area contributed by atoms with E-state index in [4.69, 9.17) is 5.21 Å². The summed E-state index contributed by atoms with van der Waals surface area (Å²) in [5, 5.41) is 15.9. The number of hydrogen-bond acceptors (Lipinski definition) is 5. The minimum absolute atomic E-state index is 0.0568. The summed E-state index contributed by atoms with van der Waals surface area (Å²) in [5.41, 5.74) is 2.89. The number of unbranched alkanes of at least 4 members (excludes halogenated alkanes) is 1. The van der Waals surface area contributed by atoms with Crippen LogP contribution in [0.4, 0.5) is 10.1 Å². The number of halogens is 1. The molecule has 1 aromatic carbocycles. The Morgan fingerprint density at radius 2 is 2.00 bits per heavy atom. The SMILES string of the molecule is O/N=C/c1nc(CCCCNc2ccnc3ccccc23)ccc1F. The molecular weight excluding hydrogens is 319 g/mol. The van der Waals surface area contributed by atoms with Gasteiger partial charge in [-0.25, -0.2) is 9.37 Å². The topological polar surface area (TPSA) is 70.4 Å². The van der Waals surface area contributed by atoms with E-state index in [1.54, 1.807) is 12.3 Å². The quantitative estimate of drug-likeness (QED) is 0.295. The smallest absolute Gasteiger partial charge is 0.150 e. The fraction of sp³-hybridized carbons (Fsp3) is 0.211. The minimum Gasteiger partial charge on any atom is -0.411 e. The zero-order valence-electron chi connectivity index (χ0n) is 13.7. The molecular formula is C19H19FN4O. The number of para-hydroxylation sites is 1. The second-order valence-electron chi connectivity index (χ2n) is 5.67. The van der Waals surface area contributed by atoms with Crippen molar-refractivity contribution in [3.8, 4) is 0 Å². The maximum absolute atomic E-state index is 13.4. The van der Waals surface area contributed by atoms with Gasteiger partial charge in [-0.2, -0.15) is 0 Å². The zero-order valence-corrected chi connectivity index (χ0v) is 13.7. The molecule has 0 spiro atoms. The average Bonchev–Trinajstić information content (AvgIpc) is 2.64. The summed E-state index contributed by atoms with van der Waals surface area (Å²) in [6.45, 7) is 0.833. The van der Waals surface area contributed by atoms with Crippen molar-refractivity contribution < 1.29 is 9.60 Å². The second kappa shape index (κ2) is 8.19. The lowest BCUT2D eigenvalue weighted by Crippen LogP contribution is -2.04. The van der Waals surface area contributed by atoms with Crippen molar-refractivity contribution in [2.75, 3.05) is 11.9 Å². The number of pyridine rings is 2. The molecule has 3 rings (SSSR count). The van der Waals surface area contributed by atoms with E-state index in [0.29, 0.717) is 0 Å². The van der Waals surface area contributed by atoms with Crippen molar-refractivity contribution in [3.63, 3.8) is 0 Å². The number of aryl methyl sites for hydroxylation is 1. The van der Waals surface area contributed by atoms with E-state index in [1.807, 2.05) is 24.3 Å². The predicted molar refractivity (Wildman–Crippen MR) is 96.7 cm³/mol. The van der Waals surface area contributed by atoms with Gasteiger partial charge < -0.3 is 10.5 Å². The van der Waals surface area contributed by atoms with Gasteiger partial charge in [0.2, 0.25) is 0 Å². The van der Waals surface area contributed by atoms with Gasteiger partial charge in [-0.05, 0) is 43.5 Å². The van der Waals surface area contributed by atoms with Crippen molar-refractivity contribution in [2.45, 2.75) is 19.3 Å². The van der Waals surface area contributed by atoms with E-state index in [9.17, 15) is 4.39 Å². The molecule has 0 radical (unpaired) electrons. The molecule has 2 N–H and O–H groups in total. The van der Waals surface area contributed by atoms with Gasteiger partial charge in [-0.1, -0.05) is 23.4 Å². The number of oxime groups is 1. The molecule has 0 unspecified atom stereocenters. The van der Waals surface area contributed by atoms with Crippen molar-refractivity contribution >= 4 is 22.8 Å². The molecule has 0 saturated carbocycles. The van der Waals surface area contributed by atoms with E-state index >= 15 is 0 Å². The van der Waals surface area contributed by atoms with Gasteiger partial charge in [0.05, 0.1) is 11.7 Å². The molecule has 25 heavy (non-hydrogen) atoms. The van der Waals surface area contributed by atoms with Gasteiger partial charge >= 0.3 is 0 Å². The van der Waals surface area contributed by atoms with Crippen molar-refractivity contribution in [1.82, 2.24) is 9.97 Å². The summed E-state index contributed by atoms with van der Waals surface area (Å²) in [4.78, 5) is 8.49. The largest absolute Gasteiger partial charge is 0.411 e. The van der Waals surface area contributed by atoms with Crippen LogP contribution < -0.4 is 5.32 Å². The first-order chi connectivity index (χ1) is 12.3.